The van der Waals surface area contributed by atoms with Gasteiger partial charge in [0, 0.05) is 7.11 Å². The molecule has 0 radical (unpaired) electrons. The summed E-state index contributed by atoms with van der Waals surface area (Å²) in [5, 5.41) is 0. The van der Waals surface area contributed by atoms with Gasteiger partial charge < -0.3 is 4.74 Å². The monoisotopic (exact) mass is 228 g/mol. The van der Waals surface area contributed by atoms with Gasteiger partial charge in [-0.3, -0.25) is 9.59 Å². The van der Waals surface area contributed by atoms with Gasteiger partial charge in [0.25, 0.3) is 0 Å². The maximum Gasteiger partial charge on any atom is 0.176 e. The average molecular weight is 228 g/mol. The smallest absolute Gasteiger partial charge is 0.176 e. The molecule has 5 heteroatoms. The van der Waals surface area contributed by atoms with Gasteiger partial charge in [-0.05, 0) is 12.1 Å². The highest BCUT2D eigenvalue weighted by Gasteiger charge is 2.19. The summed E-state index contributed by atoms with van der Waals surface area (Å²) in [5.74, 6) is -3.32. The highest BCUT2D eigenvalue weighted by molar-refractivity contribution is 6.08. The molecule has 0 saturated carbocycles. The molecule has 3 nitrogen and oxygen atoms in total. The molecule has 1 aromatic rings. The Bertz CT molecular complexity index is 395. The van der Waals surface area contributed by atoms with Crippen LogP contribution in [0, 0.1) is 11.6 Å². The molecule has 0 fully saturated rings. The summed E-state index contributed by atoms with van der Waals surface area (Å²) in [6.45, 7) is -0.248. The molecule has 0 spiro atoms. The Morgan fingerprint density at radius 3 is 2.31 bits per heavy atom. The van der Waals surface area contributed by atoms with Gasteiger partial charge in [-0.25, -0.2) is 8.78 Å². The number of hydrogen-bond donors (Lipinski definition) is 0. The zero-order valence-electron chi connectivity index (χ0n) is 8.63. The molecule has 1 aromatic carbocycles. The maximum atomic E-state index is 13.1. The fourth-order valence-corrected chi connectivity index (χ4v) is 1.24. The predicted molar refractivity (Wildman–Crippen MR) is 52.2 cm³/mol. The molecule has 16 heavy (non-hydrogen) atoms. The topological polar surface area (TPSA) is 43.4 Å². The van der Waals surface area contributed by atoms with Gasteiger partial charge >= 0.3 is 0 Å². The number of ether oxygens (including phenoxy) is 1. The lowest BCUT2D eigenvalue weighted by Gasteiger charge is -2.03. The van der Waals surface area contributed by atoms with Crippen molar-refractivity contribution in [2.24, 2.45) is 0 Å². The minimum absolute atomic E-state index is 0.248. The Kier molecular flexibility index (Phi) is 4.25. The van der Waals surface area contributed by atoms with Crippen LogP contribution in [-0.4, -0.2) is 25.3 Å². The summed E-state index contributed by atoms with van der Waals surface area (Å²) in [6.07, 6.45) is -0.564. The van der Waals surface area contributed by atoms with Gasteiger partial charge in [0.15, 0.2) is 11.6 Å². The van der Waals surface area contributed by atoms with E-state index >= 15 is 0 Å². The molecular formula is C11H10F2O3. The standard InChI is InChI=1S/C11H10F2O3/c1-16-6-7(14)5-10(15)11-8(12)3-2-4-9(11)13/h2-4H,5-6H2,1H3. The average Bonchev–Trinajstić information content (AvgIpc) is 2.17. The molecule has 1 rings (SSSR count). The van der Waals surface area contributed by atoms with E-state index in [1.165, 1.54) is 7.11 Å². The highest BCUT2D eigenvalue weighted by atomic mass is 19.1. The molecule has 0 bridgehead atoms. The number of methoxy groups -OCH3 is 1. The predicted octanol–water partition coefficient (Wildman–Crippen LogP) is 1.75. The van der Waals surface area contributed by atoms with Gasteiger partial charge in [-0.2, -0.15) is 0 Å². The summed E-state index contributed by atoms with van der Waals surface area (Å²) in [6, 6.07) is 3.09. The number of halogens is 2. The van der Waals surface area contributed by atoms with Crippen molar-refractivity contribution < 1.29 is 23.1 Å². The first-order valence-corrected chi connectivity index (χ1v) is 4.54. The van der Waals surface area contributed by atoms with Crippen LogP contribution < -0.4 is 0 Å². The van der Waals surface area contributed by atoms with E-state index < -0.39 is 35.2 Å². The quantitative estimate of drug-likeness (QED) is 0.569. The van der Waals surface area contributed by atoms with Crippen molar-refractivity contribution in [2.75, 3.05) is 13.7 Å². The maximum absolute atomic E-state index is 13.1. The fraction of sp³-hybridized carbons (Fsp3) is 0.273. The van der Waals surface area contributed by atoms with Crippen LogP contribution in [0.25, 0.3) is 0 Å². The Morgan fingerprint density at radius 1 is 1.25 bits per heavy atom. The molecular weight excluding hydrogens is 218 g/mol. The van der Waals surface area contributed by atoms with Crippen LogP contribution in [0.2, 0.25) is 0 Å². The van der Waals surface area contributed by atoms with Crippen molar-refractivity contribution in [1.82, 2.24) is 0 Å². The number of ketones is 2. The van der Waals surface area contributed by atoms with Gasteiger partial charge in [-0.1, -0.05) is 6.07 Å². The zero-order chi connectivity index (χ0) is 12.1. The summed E-state index contributed by atoms with van der Waals surface area (Å²) in [4.78, 5) is 22.5. The van der Waals surface area contributed by atoms with Crippen LogP contribution in [0.3, 0.4) is 0 Å². The lowest BCUT2D eigenvalue weighted by Crippen LogP contribution is -2.15. The first-order valence-electron chi connectivity index (χ1n) is 4.54. The molecule has 0 aliphatic carbocycles. The lowest BCUT2D eigenvalue weighted by atomic mass is 10.1. The highest BCUT2D eigenvalue weighted by Crippen LogP contribution is 2.14. The summed E-state index contributed by atoms with van der Waals surface area (Å²) in [5.41, 5.74) is -0.674. The van der Waals surface area contributed by atoms with Crippen molar-refractivity contribution in [3.8, 4) is 0 Å². The van der Waals surface area contributed by atoms with E-state index in [2.05, 4.69) is 4.74 Å². The minimum atomic E-state index is -0.963. The SMILES string of the molecule is COCC(=O)CC(=O)c1c(F)cccc1F. The molecule has 0 N–H and O–H groups in total. The van der Waals surface area contributed by atoms with Crippen LogP contribution in [-0.2, 0) is 9.53 Å². The number of Topliss-reactive ketones (excluding diaryl/α,β-unsaturated/α-hetero) is 2. The number of hydrogen-bond acceptors (Lipinski definition) is 3. The van der Waals surface area contributed by atoms with Crippen LogP contribution in [0.5, 0.6) is 0 Å². The van der Waals surface area contributed by atoms with Crippen LogP contribution >= 0.6 is 0 Å². The van der Waals surface area contributed by atoms with Crippen molar-refractivity contribution in [3.05, 3.63) is 35.4 Å². The minimum Gasteiger partial charge on any atom is -0.377 e. The molecule has 0 unspecified atom stereocenters. The van der Waals surface area contributed by atoms with E-state index in [0.717, 1.165) is 18.2 Å². The number of benzene rings is 1. The van der Waals surface area contributed by atoms with E-state index in [4.69, 9.17) is 0 Å². The summed E-state index contributed by atoms with van der Waals surface area (Å²) in [7, 11) is 1.30. The summed E-state index contributed by atoms with van der Waals surface area (Å²) >= 11 is 0. The molecule has 0 aliphatic rings. The number of carbonyl (C=O) groups is 2. The first kappa shape index (κ1) is 12.4. The summed E-state index contributed by atoms with van der Waals surface area (Å²) < 4.78 is 30.8. The first-order chi connectivity index (χ1) is 7.56. The Balaban J connectivity index is 2.85. The fourth-order valence-electron chi connectivity index (χ4n) is 1.24. The molecule has 0 aromatic heterocycles. The van der Waals surface area contributed by atoms with Gasteiger partial charge in [0.1, 0.15) is 18.2 Å². The van der Waals surface area contributed by atoms with Crippen LogP contribution in [0.4, 0.5) is 8.78 Å². The van der Waals surface area contributed by atoms with Crippen molar-refractivity contribution >= 4 is 11.6 Å². The van der Waals surface area contributed by atoms with Crippen LogP contribution in [0.15, 0.2) is 18.2 Å². The second kappa shape index (κ2) is 5.46. The Morgan fingerprint density at radius 2 is 1.81 bits per heavy atom. The van der Waals surface area contributed by atoms with E-state index in [1.807, 2.05) is 0 Å². The van der Waals surface area contributed by atoms with Gasteiger partial charge in [0.05, 0.1) is 12.0 Å². The van der Waals surface area contributed by atoms with Crippen molar-refractivity contribution in [3.63, 3.8) is 0 Å². The third-order valence-electron chi connectivity index (χ3n) is 1.90. The Hall–Kier alpha value is -1.62. The normalized spacial score (nSPS) is 10.2. The Labute approximate surface area is 91.0 Å². The van der Waals surface area contributed by atoms with E-state index in [0.29, 0.717) is 0 Å². The number of rotatable bonds is 5. The van der Waals surface area contributed by atoms with Crippen molar-refractivity contribution in [2.45, 2.75) is 6.42 Å². The van der Waals surface area contributed by atoms with E-state index in [-0.39, 0.29) is 6.61 Å². The molecule has 0 amide bonds. The van der Waals surface area contributed by atoms with Gasteiger partial charge in [-0.15, -0.1) is 0 Å². The second-order valence-electron chi connectivity index (χ2n) is 3.17. The zero-order valence-corrected chi connectivity index (χ0v) is 8.63. The van der Waals surface area contributed by atoms with E-state index in [1.54, 1.807) is 0 Å². The third kappa shape index (κ3) is 2.93. The van der Waals surface area contributed by atoms with Crippen LogP contribution in [0.1, 0.15) is 16.8 Å². The molecule has 86 valence electrons. The third-order valence-corrected chi connectivity index (χ3v) is 1.90. The molecule has 0 saturated heterocycles. The largest absolute Gasteiger partial charge is 0.377 e. The lowest BCUT2D eigenvalue weighted by molar-refractivity contribution is -0.121. The number of carbonyl (C=O) groups excluding carboxylic acids is 2. The second-order valence-corrected chi connectivity index (χ2v) is 3.17. The molecule has 0 atom stereocenters. The molecule has 0 aliphatic heterocycles. The van der Waals surface area contributed by atoms with E-state index in [9.17, 15) is 18.4 Å². The van der Waals surface area contributed by atoms with Gasteiger partial charge in [0.2, 0.25) is 0 Å². The molecule has 0 heterocycles. The van der Waals surface area contributed by atoms with Crippen molar-refractivity contribution in [1.29, 1.82) is 0 Å².